The smallest absolute Gasteiger partial charge is 0.231 e. The van der Waals surface area contributed by atoms with Crippen LogP contribution in [-0.4, -0.2) is 29.6 Å². The molecule has 0 aliphatic carbocycles. The van der Waals surface area contributed by atoms with E-state index in [1.54, 1.807) is 0 Å². The predicted molar refractivity (Wildman–Crippen MR) is 78.7 cm³/mol. The molecule has 0 fully saturated rings. The second-order valence-corrected chi connectivity index (χ2v) is 6.42. The normalized spacial score (nSPS) is 18.7. The van der Waals surface area contributed by atoms with E-state index < -0.39 is 0 Å². The zero-order chi connectivity index (χ0) is 13.1. The molecule has 1 aliphatic rings. The summed E-state index contributed by atoms with van der Waals surface area (Å²) in [4.78, 5) is 14.6. The Balaban J connectivity index is 2.30. The molecule has 0 aromatic heterocycles. The lowest BCUT2D eigenvalue weighted by molar-refractivity contribution is -0.119. The Hall–Kier alpha value is -0.520. The van der Waals surface area contributed by atoms with Crippen LogP contribution < -0.4 is 5.73 Å². The molecule has 1 aromatic carbocycles. The van der Waals surface area contributed by atoms with Gasteiger partial charge in [-0.3, -0.25) is 9.69 Å². The summed E-state index contributed by atoms with van der Waals surface area (Å²) in [6, 6.07) is 6.68. The van der Waals surface area contributed by atoms with Gasteiger partial charge in [0.25, 0.3) is 0 Å². The lowest BCUT2D eigenvalue weighted by Crippen LogP contribution is -2.37. The summed E-state index contributed by atoms with van der Waals surface area (Å²) < 4.78 is 1.09. The highest BCUT2D eigenvalue weighted by atomic mass is 79.9. The van der Waals surface area contributed by atoms with Gasteiger partial charge in [-0.05, 0) is 42.5 Å². The van der Waals surface area contributed by atoms with Gasteiger partial charge in [0, 0.05) is 15.4 Å². The Bertz CT molecular complexity index is 453. The van der Waals surface area contributed by atoms with Gasteiger partial charge in [0.05, 0.1) is 6.54 Å². The minimum Gasteiger partial charge on any atom is -0.369 e. The van der Waals surface area contributed by atoms with Crippen molar-refractivity contribution in [2.45, 2.75) is 24.3 Å². The summed E-state index contributed by atoms with van der Waals surface area (Å²) in [5.74, 6) is 0.834. The van der Waals surface area contributed by atoms with Crippen LogP contribution in [0.15, 0.2) is 27.6 Å². The van der Waals surface area contributed by atoms with Gasteiger partial charge >= 0.3 is 0 Å². The first-order chi connectivity index (χ1) is 8.61. The van der Waals surface area contributed by atoms with Gasteiger partial charge in [-0.1, -0.05) is 22.9 Å². The van der Waals surface area contributed by atoms with E-state index in [4.69, 9.17) is 5.73 Å². The first-order valence-electron chi connectivity index (χ1n) is 6.06. The monoisotopic (exact) mass is 328 g/mol. The van der Waals surface area contributed by atoms with Crippen molar-refractivity contribution in [3.63, 3.8) is 0 Å². The van der Waals surface area contributed by atoms with Crippen molar-refractivity contribution in [2.24, 2.45) is 5.73 Å². The van der Waals surface area contributed by atoms with Gasteiger partial charge < -0.3 is 5.73 Å². The maximum Gasteiger partial charge on any atom is 0.231 e. The van der Waals surface area contributed by atoms with Gasteiger partial charge in [-0.25, -0.2) is 0 Å². The van der Waals surface area contributed by atoms with E-state index in [0.29, 0.717) is 12.6 Å². The Morgan fingerprint density at radius 2 is 2.39 bits per heavy atom. The molecule has 2 N–H and O–H groups in total. The van der Waals surface area contributed by atoms with E-state index in [2.05, 4.69) is 46.0 Å². The number of nitrogens with zero attached hydrogens (tertiary/aromatic N) is 1. The maximum absolute atomic E-state index is 11.2. The topological polar surface area (TPSA) is 46.3 Å². The first kappa shape index (κ1) is 13.9. The second kappa shape index (κ2) is 6.08. The van der Waals surface area contributed by atoms with Crippen LogP contribution >= 0.6 is 27.7 Å². The summed E-state index contributed by atoms with van der Waals surface area (Å²) in [7, 11) is 0. The summed E-state index contributed by atoms with van der Waals surface area (Å²) in [6.07, 6.45) is 1.06. The number of fused-ring (bicyclic) bond motifs is 1. The minimum absolute atomic E-state index is 0.258. The van der Waals surface area contributed by atoms with Crippen LogP contribution in [0, 0.1) is 0 Å². The summed E-state index contributed by atoms with van der Waals surface area (Å²) in [6.45, 7) is 3.24. The average Bonchev–Trinajstić information content (AvgIpc) is 2.35. The molecule has 0 radical (unpaired) electrons. The average molecular weight is 329 g/mol. The first-order valence-corrected chi connectivity index (χ1v) is 7.84. The molecule has 0 bridgehead atoms. The molecule has 1 amide bonds. The number of carbonyl (C=O) groups is 1. The lowest BCUT2D eigenvalue weighted by Gasteiger charge is -2.34. The largest absolute Gasteiger partial charge is 0.369 e. The molecule has 1 aromatic rings. The van der Waals surface area contributed by atoms with Crippen LogP contribution in [0.4, 0.5) is 0 Å². The standard InChI is InChI=1S/C13H17BrN2OS/c1-2-16(8-13(15)17)11-5-6-18-12-4-3-9(14)7-10(11)12/h3-4,7,11H,2,5-6,8H2,1H3,(H2,15,17). The molecular weight excluding hydrogens is 312 g/mol. The van der Waals surface area contributed by atoms with E-state index in [0.717, 1.165) is 23.2 Å². The number of benzene rings is 1. The van der Waals surface area contributed by atoms with E-state index >= 15 is 0 Å². The molecule has 3 nitrogen and oxygen atoms in total. The fourth-order valence-electron chi connectivity index (χ4n) is 2.37. The number of rotatable bonds is 4. The van der Waals surface area contributed by atoms with Gasteiger partial charge in [0.2, 0.25) is 5.91 Å². The number of halogens is 1. The van der Waals surface area contributed by atoms with Crippen LogP contribution in [0.25, 0.3) is 0 Å². The van der Waals surface area contributed by atoms with E-state index in [9.17, 15) is 4.79 Å². The molecular formula is C13H17BrN2OS. The summed E-state index contributed by atoms with van der Waals surface area (Å²) in [5, 5.41) is 0. The number of nitrogens with two attached hydrogens (primary N) is 1. The number of amides is 1. The molecule has 1 atom stereocenters. The third kappa shape index (κ3) is 3.08. The molecule has 0 saturated heterocycles. The predicted octanol–water partition coefficient (Wildman–Crippen LogP) is 2.79. The van der Waals surface area contributed by atoms with Crippen LogP contribution in [0.1, 0.15) is 24.9 Å². The van der Waals surface area contributed by atoms with Gasteiger partial charge in [0.1, 0.15) is 0 Å². The number of likely N-dealkylation sites (N-methyl/N-ethyl adjacent to an activating group) is 1. The Labute approximate surface area is 120 Å². The van der Waals surface area contributed by atoms with Crippen molar-refractivity contribution >= 4 is 33.6 Å². The van der Waals surface area contributed by atoms with Crippen molar-refractivity contribution in [1.29, 1.82) is 0 Å². The number of carbonyl (C=O) groups excluding carboxylic acids is 1. The summed E-state index contributed by atoms with van der Waals surface area (Å²) in [5.41, 5.74) is 6.64. The lowest BCUT2D eigenvalue weighted by atomic mass is 10.0. The zero-order valence-electron chi connectivity index (χ0n) is 10.4. The van der Waals surface area contributed by atoms with Crippen molar-refractivity contribution in [3.05, 3.63) is 28.2 Å². The van der Waals surface area contributed by atoms with Crippen LogP contribution in [0.3, 0.4) is 0 Å². The Morgan fingerprint density at radius 1 is 1.61 bits per heavy atom. The highest BCUT2D eigenvalue weighted by Gasteiger charge is 2.26. The Morgan fingerprint density at radius 3 is 3.06 bits per heavy atom. The van der Waals surface area contributed by atoms with E-state index in [1.165, 1.54) is 10.5 Å². The minimum atomic E-state index is -0.258. The number of thioether (sulfide) groups is 1. The SMILES string of the molecule is CCN(CC(N)=O)C1CCSc2ccc(Br)cc21. The van der Waals surface area contributed by atoms with Gasteiger partial charge in [-0.15, -0.1) is 11.8 Å². The number of hydrogen-bond acceptors (Lipinski definition) is 3. The third-order valence-electron chi connectivity index (χ3n) is 3.19. The zero-order valence-corrected chi connectivity index (χ0v) is 12.8. The molecule has 1 heterocycles. The molecule has 0 saturated carbocycles. The molecule has 18 heavy (non-hydrogen) atoms. The Kier molecular flexibility index (Phi) is 4.70. The molecule has 1 unspecified atom stereocenters. The van der Waals surface area contributed by atoms with Crippen LogP contribution in [0.2, 0.25) is 0 Å². The summed E-state index contributed by atoms with van der Waals surface area (Å²) >= 11 is 5.40. The molecule has 0 spiro atoms. The van der Waals surface area contributed by atoms with Crippen molar-refractivity contribution in [2.75, 3.05) is 18.8 Å². The van der Waals surface area contributed by atoms with E-state index in [1.807, 2.05) is 11.8 Å². The maximum atomic E-state index is 11.2. The molecule has 5 heteroatoms. The quantitative estimate of drug-likeness (QED) is 0.924. The van der Waals surface area contributed by atoms with Crippen LogP contribution in [-0.2, 0) is 4.79 Å². The van der Waals surface area contributed by atoms with Crippen molar-refractivity contribution < 1.29 is 4.79 Å². The fraction of sp³-hybridized carbons (Fsp3) is 0.462. The molecule has 2 rings (SSSR count). The fourth-order valence-corrected chi connectivity index (χ4v) is 3.83. The third-order valence-corrected chi connectivity index (χ3v) is 4.80. The van der Waals surface area contributed by atoms with Crippen LogP contribution in [0.5, 0.6) is 0 Å². The number of hydrogen-bond donors (Lipinski definition) is 1. The highest BCUT2D eigenvalue weighted by Crippen LogP contribution is 2.40. The van der Waals surface area contributed by atoms with E-state index in [-0.39, 0.29) is 5.91 Å². The van der Waals surface area contributed by atoms with Gasteiger partial charge in [0.15, 0.2) is 0 Å². The van der Waals surface area contributed by atoms with Crippen molar-refractivity contribution in [1.82, 2.24) is 4.90 Å². The molecule has 1 aliphatic heterocycles. The second-order valence-electron chi connectivity index (χ2n) is 4.36. The number of primary amides is 1. The van der Waals surface area contributed by atoms with Crippen molar-refractivity contribution in [3.8, 4) is 0 Å². The highest BCUT2D eigenvalue weighted by molar-refractivity contribution is 9.10. The molecule has 98 valence electrons. The van der Waals surface area contributed by atoms with Gasteiger partial charge in [-0.2, -0.15) is 0 Å².